The molecule has 0 bridgehead atoms. The van der Waals surface area contributed by atoms with E-state index in [1.165, 1.54) is 25.7 Å². The van der Waals surface area contributed by atoms with Crippen molar-refractivity contribution in [3.05, 3.63) is 54.6 Å². The second kappa shape index (κ2) is 6.83. The molecule has 0 unspecified atom stereocenters. The molecule has 3 aromatic rings. The molecule has 0 saturated carbocycles. The maximum absolute atomic E-state index is 4.52. The monoisotopic (exact) mass is 319 g/mol. The van der Waals surface area contributed by atoms with Crippen LogP contribution in [0.15, 0.2) is 54.6 Å². The number of allylic oxidation sites excluding steroid dienone is 1. The molecule has 0 saturated heterocycles. The molecule has 2 heterocycles. The summed E-state index contributed by atoms with van der Waals surface area (Å²) in [5.74, 6) is 0.811. The molecule has 0 amide bonds. The molecule has 24 heavy (non-hydrogen) atoms. The average molecular weight is 319 g/mol. The molecule has 5 nitrogen and oxygen atoms in total. The van der Waals surface area contributed by atoms with Gasteiger partial charge in [-0.3, -0.25) is 4.57 Å². The van der Waals surface area contributed by atoms with Gasteiger partial charge in [0.15, 0.2) is 17.0 Å². The minimum atomic E-state index is 0.811. The lowest BCUT2D eigenvalue weighted by Crippen LogP contribution is -2.07. The van der Waals surface area contributed by atoms with Gasteiger partial charge >= 0.3 is 0 Å². The normalized spacial score (nSPS) is 14.6. The Hall–Kier alpha value is -2.69. The van der Waals surface area contributed by atoms with Gasteiger partial charge in [-0.05, 0) is 44.2 Å². The fourth-order valence-corrected chi connectivity index (χ4v) is 3.21. The van der Waals surface area contributed by atoms with Gasteiger partial charge in [-0.2, -0.15) is 0 Å². The van der Waals surface area contributed by atoms with Gasteiger partial charge in [-0.1, -0.05) is 29.8 Å². The van der Waals surface area contributed by atoms with Gasteiger partial charge in [0.1, 0.15) is 12.7 Å². The number of rotatable bonds is 5. The Morgan fingerprint density at radius 2 is 1.96 bits per heavy atom. The van der Waals surface area contributed by atoms with Crippen LogP contribution in [0, 0.1) is 0 Å². The summed E-state index contributed by atoms with van der Waals surface area (Å²) >= 11 is 0. The fraction of sp³-hybridized carbons (Fsp3) is 0.316. The number of anilines is 1. The number of aromatic nitrogens is 4. The van der Waals surface area contributed by atoms with Crippen molar-refractivity contribution in [1.82, 2.24) is 19.5 Å². The highest BCUT2D eigenvalue weighted by Gasteiger charge is 2.11. The first-order valence-corrected chi connectivity index (χ1v) is 8.57. The minimum Gasteiger partial charge on any atom is -0.368 e. The Labute approximate surface area is 141 Å². The Morgan fingerprint density at radius 1 is 1.04 bits per heavy atom. The van der Waals surface area contributed by atoms with Crippen molar-refractivity contribution in [2.45, 2.75) is 32.1 Å². The molecule has 1 N–H and O–H groups in total. The van der Waals surface area contributed by atoms with E-state index in [1.807, 2.05) is 41.2 Å². The number of imidazole rings is 1. The van der Waals surface area contributed by atoms with Gasteiger partial charge in [0.25, 0.3) is 0 Å². The van der Waals surface area contributed by atoms with Crippen LogP contribution in [0.4, 0.5) is 5.82 Å². The first-order valence-electron chi connectivity index (χ1n) is 8.57. The number of hydrogen-bond acceptors (Lipinski definition) is 4. The first-order chi connectivity index (χ1) is 11.9. The predicted molar refractivity (Wildman–Crippen MR) is 96.3 cm³/mol. The molecular weight excluding hydrogens is 298 g/mol. The number of hydrogen-bond donors (Lipinski definition) is 1. The summed E-state index contributed by atoms with van der Waals surface area (Å²) in [7, 11) is 0. The van der Waals surface area contributed by atoms with Gasteiger partial charge < -0.3 is 5.32 Å². The Balaban J connectivity index is 1.54. The zero-order chi connectivity index (χ0) is 16.2. The number of para-hydroxylation sites is 1. The summed E-state index contributed by atoms with van der Waals surface area (Å²) in [6.45, 7) is 0.885. The third-order valence-corrected chi connectivity index (χ3v) is 4.49. The van der Waals surface area contributed by atoms with Crippen LogP contribution in [0.25, 0.3) is 16.9 Å². The minimum absolute atomic E-state index is 0.811. The molecule has 2 aromatic heterocycles. The van der Waals surface area contributed by atoms with E-state index in [0.717, 1.165) is 35.6 Å². The Bertz CT molecular complexity index is 851. The van der Waals surface area contributed by atoms with Crippen LogP contribution in [0.2, 0.25) is 0 Å². The molecule has 0 aliphatic heterocycles. The molecule has 0 spiro atoms. The maximum Gasteiger partial charge on any atom is 0.170 e. The third-order valence-electron chi connectivity index (χ3n) is 4.49. The highest BCUT2D eigenvalue weighted by atomic mass is 15.1. The van der Waals surface area contributed by atoms with Gasteiger partial charge in [0, 0.05) is 12.2 Å². The molecule has 0 radical (unpaired) electrons. The van der Waals surface area contributed by atoms with Crippen molar-refractivity contribution in [2.24, 2.45) is 0 Å². The highest BCUT2D eigenvalue weighted by Crippen LogP contribution is 2.22. The summed E-state index contributed by atoms with van der Waals surface area (Å²) in [6.07, 6.45) is 12.0. The molecule has 0 fully saturated rings. The summed E-state index contributed by atoms with van der Waals surface area (Å²) < 4.78 is 1.99. The standard InChI is InChI=1S/C19H21N5/c1-3-7-15(8-4-1)11-12-20-18-17-19(22-13-21-18)24(14-23-17)16-9-5-2-6-10-16/h2,5-7,9-10,13-14H,1,3-4,8,11-12H2,(H,20,21,22). The molecular formula is C19H21N5. The second-order valence-electron chi connectivity index (χ2n) is 6.13. The third kappa shape index (κ3) is 3.02. The Kier molecular flexibility index (Phi) is 4.23. The van der Waals surface area contributed by atoms with Crippen molar-refractivity contribution in [3.8, 4) is 5.69 Å². The Morgan fingerprint density at radius 3 is 2.79 bits per heavy atom. The van der Waals surface area contributed by atoms with Crippen molar-refractivity contribution in [2.75, 3.05) is 11.9 Å². The van der Waals surface area contributed by atoms with E-state index in [4.69, 9.17) is 0 Å². The lowest BCUT2D eigenvalue weighted by atomic mass is 9.97. The molecule has 1 aliphatic rings. The summed E-state index contributed by atoms with van der Waals surface area (Å²) in [5, 5.41) is 3.43. The van der Waals surface area contributed by atoms with Crippen LogP contribution in [-0.4, -0.2) is 26.1 Å². The maximum atomic E-state index is 4.52. The average Bonchev–Trinajstić information content (AvgIpc) is 3.08. The van der Waals surface area contributed by atoms with Crippen molar-refractivity contribution >= 4 is 17.0 Å². The number of fused-ring (bicyclic) bond motifs is 1. The summed E-state index contributed by atoms with van der Waals surface area (Å²) in [5.41, 5.74) is 4.26. The largest absolute Gasteiger partial charge is 0.368 e. The number of nitrogens with one attached hydrogen (secondary N) is 1. The molecule has 5 heteroatoms. The summed E-state index contributed by atoms with van der Waals surface area (Å²) in [4.78, 5) is 13.3. The smallest absolute Gasteiger partial charge is 0.170 e. The number of nitrogens with zero attached hydrogens (tertiary/aromatic N) is 4. The lowest BCUT2D eigenvalue weighted by molar-refractivity contribution is 0.679. The summed E-state index contributed by atoms with van der Waals surface area (Å²) in [6, 6.07) is 10.1. The molecule has 1 aromatic carbocycles. The van der Waals surface area contributed by atoms with E-state index in [0.29, 0.717) is 0 Å². The zero-order valence-corrected chi connectivity index (χ0v) is 13.7. The van der Waals surface area contributed by atoms with Crippen molar-refractivity contribution < 1.29 is 0 Å². The number of benzene rings is 1. The van der Waals surface area contributed by atoms with Crippen molar-refractivity contribution in [3.63, 3.8) is 0 Å². The van der Waals surface area contributed by atoms with E-state index < -0.39 is 0 Å². The zero-order valence-electron chi connectivity index (χ0n) is 13.7. The van der Waals surface area contributed by atoms with E-state index in [1.54, 1.807) is 11.9 Å². The van der Waals surface area contributed by atoms with Crippen LogP contribution in [0.1, 0.15) is 32.1 Å². The highest BCUT2D eigenvalue weighted by molar-refractivity contribution is 5.83. The second-order valence-corrected chi connectivity index (χ2v) is 6.13. The molecule has 122 valence electrons. The quantitative estimate of drug-likeness (QED) is 0.719. The van der Waals surface area contributed by atoms with E-state index in [-0.39, 0.29) is 0 Å². The SMILES string of the molecule is C1=C(CCNc2ncnc3c2ncn3-c2ccccc2)CCCC1. The van der Waals surface area contributed by atoms with Crippen LogP contribution in [-0.2, 0) is 0 Å². The van der Waals surface area contributed by atoms with Crippen LogP contribution in [0.3, 0.4) is 0 Å². The fourth-order valence-electron chi connectivity index (χ4n) is 3.21. The molecule has 1 aliphatic carbocycles. The lowest BCUT2D eigenvalue weighted by Gasteiger charge is -2.13. The van der Waals surface area contributed by atoms with Gasteiger partial charge in [0.05, 0.1) is 0 Å². The van der Waals surface area contributed by atoms with Gasteiger partial charge in [-0.15, -0.1) is 0 Å². The van der Waals surface area contributed by atoms with E-state index in [2.05, 4.69) is 26.3 Å². The van der Waals surface area contributed by atoms with Crippen molar-refractivity contribution in [1.29, 1.82) is 0 Å². The van der Waals surface area contributed by atoms with Gasteiger partial charge in [0.2, 0.25) is 0 Å². The predicted octanol–water partition coefficient (Wildman–Crippen LogP) is 4.12. The van der Waals surface area contributed by atoms with Gasteiger partial charge in [-0.25, -0.2) is 15.0 Å². The topological polar surface area (TPSA) is 55.6 Å². The molecule has 0 atom stereocenters. The van der Waals surface area contributed by atoms with E-state index in [9.17, 15) is 0 Å². The first kappa shape index (κ1) is 14.9. The van der Waals surface area contributed by atoms with Crippen LogP contribution < -0.4 is 5.32 Å². The van der Waals surface area contributed by atoms with Crippen LogP contribution in [0.5, 0.6) is 0 Å². The molecule has 4 rings (SSSR count). The van der Waals surface area contributed by atoms with E-state index >= 15 is 0 Å². The van der Waals surface area contributed by atoms with Crippen LogP contribution >= 0.6 is 0 Å².